The third-order valence-corrected chi connectivity index (χ3v) is 3.38. The van der Waals surface area contributed by atoms with Crippen LogP contribution in [0.3, 0.4) is 0 Å². The quantitative estimate of drug-likeness (QED) is 0.689. The molecule has 0 aliphatic heterocycles. The van der Waals surface area contributed by atoms with E-state index in [4.69, 9.17) is 4.74 Å². The van der Waals surface area contributed by atoms with Crippen LogP contribution in [-0.4, -0.2) is 11.4 Å². The first kappa shape index (κ1) is 14.6. The van der Waals surface area contributed by atoms with Crippen molar-refractivity contribution in [2.45, 2.75) is 45.4 Å². The van der Waals surface area contributed by atoms with Crippen LogP contribution in [0.4, 0.5) is 0 Å². The lowest BCUT2D eigenvalue weighted by Gasteiger charge is -2.16. The average molecular weight is 299 g/mol. The third-order valence-electron chi connectivity index (χ3n) is 2.68. The molecular formula is C15H23BrO. The molecule has 0 amide bonds. The van der Waals surface area contributed by atoms with Crippen molar-refractivity contribution in [3.8, 4) is 5.75 Å². The molecule has 1 aromatic rings. The van der Waals surface area contributed by atoms with Crippen LogP contribution in [0.5, 0.6) is 5.75 Å². The molecule has 0 spiro atoms. The van der Waals surface area contributed by atoms with Crippen molar-refractivity contribution >= 4 is 15.9 Å². The molecular weight excluding hydrogens is 276 g/mol. The molecule has 0 aliphatic rings. The van der Waals surface area contributed by atoms with Gasteiger partial charge in [-0.05, 0) is 44.2 Å². The summed E-state index contributed by atoms with van der Waals surface area (Å²) >= 11 is 3.77. The van der Waals surface area contributed by atoms with Gasteiger partial charge in [0.1, 0.15) is 5.75 Å². The fourth-order valence-corrected chi connectivity index (χ4v) is 3.09. The number of rotatable bonds is 6. The van der Waals surface area contributed by atoms with Gasteiger partial charge in [-0.2, -0.15) is 0 Å². The van der Waals surface area contributed by atoms with Crippen molar-refractivity contribution in [3.05, 3.63) is 29.3 Å². The average Bonchev–Trinajstić information content (AvgIpc) is 2.21. The van der Waals surface area contributed by atoms with Gasteiger partial charge in [-0.15, -0.1) is 0 Å². The molecule has 0 aromatic heterocycles. The van der Waals surface area contributed by atoms with Gasteiger partial charge in [0.05, 0.1) is 6.61 Å². The van der Waals surface area contributed by atoms with Crippen molar-refractivity contribution < 1.29 is 4.74 Å². The maximum atomic E-state index is 5.68. The Morgan fingerprint density at radius 3 is 2.59 bits per heavy atom. The van der Waals surface area contributed by atoms with Gasteiger partial charge in [-0.3, -0.25) is 0 Å². The van der Waals surface area contributed by atoms with E-state index in [2.05, 4.69) is 54.9 Å². The van der Waals surface area contributed by atoms with E-state index in [1.54, 1.807) is 0 Å². The highest BCUT2D eigenvalue weighted by atomic mass is 79.9. The second kappa shape index (κ2) is 7.05. The van der Waals surface area contributed by atoms with Gasteiger partial charge in [0.25, 0.3) is 0 Å². The van der Waals surface area contributed by atoms with E-state index in [0.717, 1.165) is 24.7 Å². The molecule has 96 valence electrons. The van der Waals surface area contributed by atoms with E-state index < -0.39 is 0 Å². The highest BCUT2D eigenvalue weighted by molar-refractivity contribution is 9.09. The molecule has 1 atom stereocenters. The first-order valence-corrected chi connectivity index (χ1v) is 7.30. The second-order valence-corrected chi connectivity index (χ2v) is 6.27. The zero-order valence-corrected chi connectivity index (χ0v) is 12.9. The lowest BCUT2D eigenvalue weighted by molar-refractivity contribution is 0.336. The summed E-state index contributed by atoms with van der Waals surface area (Å²) < 4.78 is 5.68. The molecule has 2 heteroatoms. The van der Waals surface area contributed by atoms with Crippen molar-refractivity contribution in [1.29, 1.82) is 0 Å². The summed E-state index contributed by atoms with van der Waals surface area (Å²) in [5.74, 6) is 1.76. The molecule has 17 heavy (non-hydrogen) atoms. The topological polar surface area (TPSA) is 9.23 Å². The Morgan fingerprint density at radius 2 is 2.00 bits per heavy atom. The van der Waals surface area contributed by atoms with Gasteiger partial charge >= 0.3 is 0 Å². The summed E-state index contributed by atoms with van der Waals surface area (Å²) in [5, 5.41) is 0. The Kier molecular flexibility index (Phi) is 6.04. The van der Waals surface area contributed by atoms with Crippen LogP contribution in [0.1, 0.15) is 38.3 Å². The minimum Gasteiger partial charge on any atom is -0.494 e. The fraction of sp³-hybridized carbons (Fsp3) is 0.600. The molecule has 0 saturated carbocycles. The Labute approximate surface area is 114 Å². The molecule has 0 aliphatic carbocycles. The van der Waals surface area contributed by atoms with Gasteiger partial charge < -0.3 is 4.74 Å². The molecule has 1 unspecified atom stereocenters. The minimum absolute atomic E-state index is 0.531. The number of hydrogen-bond acceptors (Lipinski definition) is 1. The normalized spacial score (nSPS) is 12.8. The zero-order chi connectivity index (χ0) is 12.8. The predicted octanol–water partition coefficient (Wildman–Crippen LogP) is 4.75. The van der Waals surface area contributed by atoms with Crippen molar-refractivity contribution in [1.82, 2.24) is 0 Å². The monoisotopic (exact) mass is 298 g/mol. The van der Waals surface area contributed by atoms with Crippen molar-refractivity contribution in [2.75, 3.05) is 6.61 Å². The molecule has 1 nitrogen and oxygen atoms in total. The van der Waals surface area contributed by atoms with Crippen molar-refractivity contribution in [3.63, 3.8) is 0 Å². The first-order chi connectivity index (χ1) is 8.02. The summed E-state index contributed by atoms with van der Waals surface area (Å²) in [6.45, 7) is 9.41. The number of ether oxygens (including phenoxy) is 1. The van der Waals surface area contributed by atoms with E-state index in [1.807, 2.05) is 6.92 Å². The summed E-state index contributed by atoms with van der Waals surface area (Å²) in [5.41, 5.74) is 2.61. The van der Waals surface area contributed by atoms with Crippen LogP contribution < -0.4 is 4.74 Å². The first-order valence-electron chi connectivity index (χ1n) is 6.39. The Bertz CT molecular complexity index is 347. The van der Waals surface area contributed by atoms with Crippen LogP contribution in [0, 0.1) is 12.8 Å². The Morgan fingerprint density at radius 1 is 1.29 bits per heavy atom. The number of alkyl halides is 1. The van der Waals surface area contributed by atoms with Gasteiger partial charge in [0.15, 0.2) is 0 Å². The molecule has 0 bridgehead atoms. The molecule has 0 N–H and O–H groups in total. The summed E-state index contributed by atoms with van der Waals surface area (Å²) in [7, 11) is 0. The van der Waals surface area contributed by atoms with Crippen molar-refractivity contribution in [2.24, 2.45) is 5.92 Å². The number of benzene rings is 1. The minimum atomic E-state index is 0.531. The molecule has 0 heterocycles. The highest BCUT2D eigenvalue weighted by Gasteiger charge is 2.11. The third kappa shape index (κ3) is 5.12. The predicted molar refractivity (Wildman–Crippen MR) is 78.2 cm³/mol. The SMILES string of the molecule is CCOc1ccc(C)cc1CC(Br)CC(C)C. The standard InChI is InChI=1S/C15H23BrO/c1-5-17-15-7-6-12(4)9-13(15)10-14(16)8-11(2)3/h6-7,9,11,14H,5,8,10H2,1-4H3. The second-order valence-electron chi connectivity index (χ2n) is 4.98. The lowest BCUT2D eigenvalue weighted by atomic mass is 10.0. The van der Waals surface area contributed by atoms with E-state index >= 15 is 0 Å². The fourth-order valence-electron chi connectivity index (χ4n) is 2.00. The zero-order valence-electron chi connectivity index (χ0n) is 11.3. The smallest absolute Gasteiger partial charge is 0.122 e. The van der Waals surface area contributed by atoms with Gasteiger partial charge in [-0.1, -0.05) is 47.5 Å². The Balaban J connectivity index is 2.76. The number of halogens is 1. The van der Waals surface area contributed by atoms with E-state index in [1.165, 1.54) is 17.5 Å². The van der Waals surface area contributed by atoms with Crippen LogP contribution in [0.2, 0.25) is 0 Å². The molecule has 1 aromatic carbocycles. The molecule has 0 fully saturated rings. The Hall–Kier alpha value is -0.500. The molecule has 0 saturated heterocycles. The van der Waals surface area contributed by atoms with Gasteiger partial charge in [0, 0.05) is 4.83 Å². The number of hydrogen-bond donors (Lipinski definition) is 0. The molecule has 1 rings (SSSR count). The summed E-state index contributed by atoms with van der Waals surface area (Å²) in [6, 6.07) is 6.43. The summed E-state index contributed by atoms with van der Waals surface area (Å²) in [4.78, 5) is 0.531. The lowest BCUT2D eigenvalue weighted by Crippen LogP contribution is -2.08. The van der Waals surface area contributed by atoms with E-state index in [9.17, 15) is 0 Å². The van der Waals surface area contributed by atoms with Crippen LogP contribution in [0.25, 0.3) is 0 Å². The maximum Gasteiger partial charge on any atom is 0.122 e. The van der Waals surface area contributed by atoms with Crippen LogP contribution in [-0.2, 0) is 6.42 Å². The highest BCUT2D eigenvalue weighted by Crippen LogP contribution is 2.25. The van der Waals surface area contributed by atoms with Crippen LogP contribution >= 0.6 is 15.9 Å². The van der Waals surface area contributed by atoms with E-state index in [-0.39, 0.29) is 0 Å². The molecule has 0 radical (unpaired) electrons. The largest absolute Gasteiger partial charge is 0.494 e. The maximum absolute atomic E-state index is 5.68. The summed E-state index contributed by atoms with van der Waals surface area (Å²) in [6.07, 6.45) is 2.23. The number of aryl methyl sites for hydroxylation is 1. The van der Waals surface area contributed by atoms with Crippen LogP contribution in [0.15, 0.2) is 18.2 Å². The van der Waals surface area contributed by atoms with Gasteiger partial charge in [0.2, 0.25) is 0 Å². The van der Waals surface area contributed by atoms with E-state index in [0.29, 0.717) is 4.83 Å². The van der Waals surface area contributed by atoms with Gasteiger partial charge in [-0.25, -0.2) is 0 Å².